The van der Waals surface area contributed by atoms with Gasteiger partial charge in [-0.3, -0.25) is 0 Å². The molecule has 0 fully saturated rings. The lowest BCUT2D eigenvalue weighted by molar-refractivity contribution is 0.405. The Morgan fingerprint density at radius 3 is 0.686 bits per heavy atom. The van der Waals surface area contributed by atoms with Gasteiger partial charge in [0, 0.05) is 35.1 Å². The first-order chi connectivity index (χ1) is 33.0. The van der Waals surface area contributed by atoms with Gasteiger partial charge in [0.25, 0.3) is 0 Å². The number of hydrogen-bond donors (Lipinski definition) is 0. The van der Waals surface area contributed by atoms with Crippen LogP contribution >= 0.6 is 0 Å². The van der Waals surface area contributed by atoms with Crippen molar-refractivity contribution >= 4 is 22.1 Å². The summed E-state index contributed by atoms with van der Waals surface area (Å²) in [5, 5.41) is 0. The number of rotatable bonds is 4. The quantitative estimate of drug-likeness (QED) is 0.172. The number of ether oxygens (including phenoxy) is 4. The maximum absolute atomic E-state index is 6.65. The molecule has 8 nitrogen and oxygen atoms in total. The van der Waals surface area contributed by atoms with Gasteiger partial charge in [-0.05, 0) is 115 Å². The molecule has 0 aliphatic heterocycles. The van der Waals surface area contributed by atoms with Crippen molar-refractivity contribution in [2.45, 2.75) is 118 Å². The molecule has 1 aliphatic rings. The van der Waals surface area contributed by atoms with E-state index in [4.69, 9.17) is 38.9 Å². The van der Waals surface area contributed by atoms with Crippen LogP contribution in [0.1, 0.15) is 128 Å². The van der Waals surface area contributed by atoms with Crippen LogP contribution < -0.4 is 18.9 Å². The van der Waals surface area contributed by atoms with Gasteiger partial charge in [0.05, 0.1) is 50.5 Å². The summed E-state index contributed by atoms with van der Waals surface area (Å²) in [6.45, 7) is 27.0. The van der Waals surface area contributed by atoms with Crippen LogP contribution in [-0.4, -0.2) is 48.4 Å². The fourth-order valence-corrected chi connectivity index (χ4v) is 9.84. The second-order valence-electron chi connectivity index (χ2n) is 23.0. The van der Waals surface area contributed by atoms with Crippen molar-refractivity contribution in [3.8, 4) is 68.0 Å². The second kappa shape index (κ2) is 17.6. The maximum atomic E-state index is 6.65. The summed E-state index contributed by atoms with van der Waals surface area (Å²) >= 11 is 0. The summed E-state index contributed by atoms with van der Waals surface area (Å²) in [6.07, 6.45) is 0.958. The zero-order chi connectivity index (χ0) is 50.2. The molecule has 2 aromatic heterocycles. The average molecular weight is 933 g/mol. The Labute approximate surface area is 414 Å². The molecule has 0 unspecified atom stereocenters. The Morgan fingerprint density at radius 2 is 0.514 bits per heavy atom. The van der Waals surface area contributed by atoms with Gasteiger partial charge >= 0.3 is 0 Å². The third-order valence-electron chi connectivity index (χ3n) is 13.9. The largest absolute Gasteiger partial charge is 0.496 e. The van der Waals surface area contributed by atoms with Crippen molar-refractivity contribution < 1.29 is 18.9 Å². The molecule has 8 aromatic rings. The fraction of sp³-hybridized carbons (Fsp3) is 0.355. The van der Waals surface area contributed by atoms with Crippen LogP contribution in [0.4, 0.5) is 0 Å². The standard InChI is InChI=1S/C62H68N4O4/c1-59(2,3)39-27-35-25-36-28-40(60(4,5)6)33-45(56(36)68-14)53-54(66-50-24-20-19-23-49(50)65-53)46-34-42(62(10,11)12)30-38(58(46)70-16)26-37-29-41(61(7,8)9)32-44(57(37)69-15)52-51(43(31-39)55(35)67-13)63-47-21-17-18-22-48(47)64-52/h17-24,27-34H,25-26H2,1-16H3. The number of hydrogen-bond acceptors (Lipinski definition) is 8. The minimum Gasteiger partial charge on any atom is -0.496 e. The average Bonchev–Trinajstić information content (AvgIpc) is 3.30. The number of fused-ring (bicyclic) bond motifs is 16. The topological polar surface area (TPSA) is 88.5 Å². The molecule has 0 spiro atoms. The van der Waals surface area contributed by atoms with E-state index in [-0.39, 0.29) is 21.7 Å². The molecule has 6 aromatic carbocycles. The number of nitrogens with zero attached hydrogens (tertiary/aromatic N) is 4. The van der Waals surface area contributed by atoms with Crippen LogP contribution in [0, 0.1) is 0 Å². The van der Waals surface area contributed by atoms with E-state index in [1.807, 2.05) is 48.5 Å². The fourth-order valence-electron chi connectivity index (χ4n) is 9.84. The van der Waals surface area contributed by atoms with Gasteiger partial charge in [-0.25, -0.2) is 19.9 Å². The van der Waals surface area contributed by atoms with Crippen LogP contribution in [0.15, 0.2) is 97.1 Å². The Kier molecular flexibility index (Phi) is 12.1. The van der Waals surface area contributed by atoms with Crippen LogP contribution in [0.2, 0.25) is 0 Å². The molecule has 360 valence electrons. The Bertz CT molecular complexity index is 2920. The lowest BCUT2D eigenvalue weighted by Gasteiger charge is -2.28. The first-order valence-corrected chi connectivity index (χ1v) is 24.4. The highest BCUT2D eigenvalue weighted by Gasteiger charge is 2.32. The van der Waals surface area contributed by atoms with Gasteiger partial charge < -0.3 is 18.9 Å². The van der Waals surface area contributed by atoms with Crippen LogP contribution in [0.5, 0.6) is 23.0 Å². The predicted molar refractivity (Wildman–Crippen MR) is 287 cm³/mol. The molecule has 8 heteroatoms. The molecule has 0 atom stereocenters. The van der Waals surface area contributed by atoms with Crippen molar-refractivity contribution in [2.75, 3.05) is 28.4 Å². The van der Waals surface area contributed by atoms with Crippen molar-refractivity contribution in [3.63, 3.8) is 0 Å². The first-order valence-electron chi connectivity index (χ1n) is 24.4. The van der Waals surface area contributed by atoms with Gasteiger partial charge in [0.1, 0.15) is 45.8 Å². The first kappa shape index (κ1) is 48.2. The molecule has 0 saturated carbocycles. The molecular formula is C62H68N4O4. The highest BCUT2D eigenvalue weighted by Crippen LogP contribution is 2.50. The summed E-state index contributed by atoms with van der Waals surface area (Å²) in [7, 11) is 7.04. The Morgan fingerprint density at radius 1 is 0.314 bits per heavy atom. The summed E-state index contributed by atoms with van der Waals surface area (Å²) in [6, 6.07) is 34.4. The number of methoxy groups -OCH3 is 4. The van der Waals surface area contributed by atoms with Gasteiger partial charge in [0.2, 0.25) is 0 Å². The predicted octanol–water partition coefficient (Wildman–Crippen LogP) is 15.0. The summed E-state index contributed by atoms with van der Waals surface area (Å²) in [5.41, 5.74) is 16.9. The molecule has 0 saturated heterocycles. The van der Waals surface area contributed by atoms with E-state index < -0.39 is 0 Å². The Hall–Kier alpha value is -6.80. The smallest absolute Gasteiger partial charge is 0.131 e. The Balaban J connectivity index is 1.54. The van der Waals surface area contributed by atoms with E-state index in [1.54, 1.807) is 28.4 Å². The van der Waals surface area contributed by atoms with Gasteiger partial charge in [0.15, 0.2) is 0 Å². The minimum absolute atomic E-state index is 0.246. The van der Waals surface area contributed by atoms with Crippen LogP contribution in [0.3, 0.4) is 0 Å². The molecule has 8 bridgehead atoms. The lowest BCUT2D eigenvalue weighted by atomic mass is 9.80. The normalized spacial score (nSPS) is 13.0. The third-order valence-corrected chi connectivity index (χ3v) is 13.9. The van der Waals surface area contributed by atoms with Gasteiger partial charge in [-0.2, -0.15) is 0 Å². The summed E-state index contributed by atoms with van der Waals surface area (Å²) in [5.74, 6) is 2.88. The third kappa shape index (κ3) is 8.75. The van der Waals surface area contributed by atoms with Crippen molar-refractivity contribution in [2.24, 2.45) is 0 Å². The monoisotopic (exact) mass is 933 g/mol. The molecule has 2 heterocycles. The lowest BCUT2D eigenvalue weighted by Crippen LogP contribution is -2.15. The van der Waals surface area contributed by atoms with Crippen molar-refractivity contribution in [3.05, 3.63) is 142 Å². The molecule has 0 N–H and O–H groups in total. The molecule has 9 rings (SSSR count). The van der Waals surface area contributed by atoms with E-state index in [1.165, 1.54) is 0 Å². The number of benzene rings is 6. The maximum Gasteiger partial charge on any atom is 0.131 e. The zero-order valence-corrected chi connectivity index (χ0v) is 44.1. The summed E-state index contributed by atoms with van der Waals surface area (Å²) < 4.78 is 26.6. The molecule has 0 radical (unpaired) electrons. The highest BCUT2D eigenvalue weighted by molar-refractivity contribution is 5.93. The van der Waals surface area contributed by atoms with E-state index in [9.17, 15) is 0 Å². The molecule has 70 heavy (non-hydrogen) atoms. The van der Waals surface area contributed by atoms with Gasteiger partial charge in [-0.1, -0.05) is 132 Å². The molecule has 0 amide bonds. The second-order valence-corrected chi connectivity index (χ2v) is 23.0. The van der Waals surface area contributed by atoms with E-state index in [2.05, 4.69) is 132 Å². The van der Waals surface area contributed by atoms with Gasteiger partial charge in [-0.15, -0.1) is 0 Å². The van der Waals surface area contributed by atoms with Crippen LogP contribution in [0.25, 0.3) is 67.1 Å². The zero-order valence-electron chi connectivity index (χ0n) is 44.1. The molecular weight excluding hydrogens is 865 g/mol. The van der Waals surface area contributed by atoms with Crippen molar-refractivity contribution in [1.82, 2.24) is 19.9 Å². The van der Waals surface area contributed by atoms with Crippen molar-refractivity contribution in [1.29, 1.82) is 0 Å². The van der Waals surface area contributed by atoms with E-state index >= 15 is 0 Å². The summed E-state index contributed by atoms with van der Waals surface area (Å²) in [4.78, 5) is 22.2. The SMILES string of the molecule is COc1c2cc(C(C)(C)C)cc1-c1nc3ccccc3nc1-c1cc(C(C)(C)C)cc(c1OC)Cc1cc(C(C)(C)C)cc(c1OC)-c1nc3ccccc3nc1-c1cc(C(C)(C)C)cc(c1OC)C2. The minimum atomic E-state index is -0.246. The molecule has 1 aliphatic carbocycles. The number of aromatic nitrogens is 4. The number of para-hydroxylation sites is 4. The van der Waals surface area contributed by atoms with E-state index in [0.29, 0.717) is 35.6 Å². The van der Waals surface area contributed by atoms with E-state index in [0.717, 1.165) is 112 Å². The van der Waals surface area contributed by atoms with Crippen LogP contribution in [-0.2, 0) is 34.5 Å². The highest BCUT2D eigenvalue weighted by atomic mass is 16.5.